The van der Waals surface area contributed by atoms with Crippen LogP contribution < -0.4 is 10.5 Å². The Morgan fingerprint density at radius 3 is 2.58 bits per heavy atom. The standard InChI is InChI=1S/C15H13F2NO/c16-15(17)10-19-14-6-5-12-8-11(2-1-7-18)3-4-13(12)9-14/h3-6,8-9,15H,7,10,18H2. The van der Waals surface area contributed by atoms with Gasteiger partial charge in [-0.3, -0.25) is 0 Å². The molecule has 0 amide bonds. The summed E-state index contributed by atoms with van der Waals surface area (Å²) >= 11 is 0. The molecule has 0 aliphatic heterocycles. The average Bonchev–Trinajstić information content (AvgIpc) is 2.42. The van der Waals surface area contributed by atoms with E-state index in [2.05, 4.69) is 11.8 Å². The van der Waals surface area contributed by atoms with Gasteiger partial charge in [0.25, 0.3) is 6.43 Å². The molecule has 19 heavy (non-hydrogen) atoms. The zero-order chi connectivity index (χ0) is 13.7. The normalized spacial score (nSPS) is 10.3. The van der Waals surface area contributed by atoms with Crippen LogP contribution in [0.3, 0.4) is 0 Å². The van der Waals surface area contributed by atoms with Crippen molar-refractivity contribution in [2.45, 2.75) is 6.43 Å². The van der Waals surface area contributed by atoms with Crippen molar-refractivity contribution in [2.24, 2.45) is 5.73 Å². The predicted molar refractivity (Wildman–Crippen MR) is 71.4 cm³/mol. The topological polar surface area (TPSA) is 35.2 Å². The molecule has 0 heterocycles. The van der Waals surface area contributed by atoms with Crippen molar-refractivity contribution in [1.82, 2.24) is 0 Å². The van der Waals surface area contributed by atoms with Crippen molar-refractivity contribution in [3.05, 3.63) is 42.0 Å². The Morgan fingerprint density at radius 2 is 1.84 bits per heavy atom. The first-order valence-corrected chi connectivity index (χ1v) is 5.83. The summed E-state index contributed by atoms with van der Waals surface area (Å²) in [6.07, 6.45) is -2.47. The average molecular weight is 261 g/mol. The Labute approximate surface area is 110 Å². The summed E-state index contributed by atoms with van der Waals surface area (Å²) in [5.41, 5.74) is 6.19. The van der Waals surface area contributed by atoms with Gasteiger partial charge in [0.15, 0.2) is 0 Å². The van der Waals surface area contributed by atoms with Crippen LogP contribution in [-0.2, 0) is 0 Å². The molecule has 2 aromatic rings. The third kappa shape index (κ3) is 3.67. The summed E-state index contributed by atoms with van der Waals surface area (Å²) in [7, 11) is 0. The molecule has 0 aliphatic rings. The van der Waals surface area contributed by atoms with Crippen LogP contribution in [0.5, 0.6) is 5.75 Å². The Kier molecular flexibility index (Phi) is 4.32. The Bertz CT molecular complexity index is 629. The van der Waals surface area contributed by atoms with Gasteiger partial charge < -0.3 is 10.5 Å². The minimum absolute atomic E-state index is 0.318. The van der Waals surface area contributed by atoms with Crippen molar-refractivity contribution in [1.29, 1.82) is 0 Å². The lowest BCUT2D eigenvalue weighted by Crippen LogP contribution is -2.06. The number of benzene rings is 2. The van der Waals surface area contributed by atoms with Gasteiger partial charge in [0.05, 0.1) is 6.54 Å². The van der Waals surface area contributed by atoms with Crippen molar-refractivity contribution in [2.75, 3.05) is 13.2 Å². The summed E-state index contributed by atoms with van der Waals surface area (Å²) in [5, 5.41) is 1.90. The van der Waals surface area contributed by atoms with E-state index in [-0.39, 0.29) is 0 Å². The molecule has 2 rings (SSSR count). The van der Waals surface area contributed by atoms with Crippen molar-refractivity contribution >= 4 is 10.8 Å². The zero-order valence-corrected chi connectivity index (χ0v) is 10.2. The monoisotopic (exact) mass is 261 g/mol. The highest BCUT2D eigenvalue weighted by atomic mass is 19.3. The van der Waals surface area contributed by atoms with Gasteiger partial charge in [0.1, 0.15) is 12.4 Å². The Hall–Kier alpha value is -2.12. The van der Waals surface area contributed by atoms with E-state index in [0.717, 1.165) is 16.3 Å². The van der Waals surface area contributed by atoms with Gasteiger partial charge in [0.2, 0.25) is 0 Å². The smallest absolute Gasteiger partial charge is 0.272 e. The molecule has 0 bridgehead atoms. The summed E-state index contributed by atoms with van der Waals surface area (Å²) in [6.45, 7) is -0.274. The van der Waals surface area contributed by atoms with Gasteiger partial charge >= 0.3 is 0 Å². The van der Waals surface area contributed by atoms with Crippen LogP contribution in [0.2, 0.25) is 0 Å². The number of rotatable bonds is 3. The number of alkyl halides is 2. The lowest BCUT2D eigenvalue weighted by molar-refractivity contribution is 0.0820. The Balaban J connectivity index is 2.25. The third-order valence-electron chi connectivity index (χ3n) is 2.52. The first-order valence-electron chi connectivity index (χ1n) is 5.83. The molecule has 0 saturated carbocycles. The largest absolute Gasteiger partial charge is 0.488 e. The number of nitrogens with two attached hydrogens (primary N) is 1. The highest BCUT2D eigenvalue weighted by Gasteiger charge is 2.04. The fraction of sp³-hybridized carbons (Fsp3) is 0.200. The van der Waals surface area contributed by atoms with E-state index in [9.17, 15) is 8.78 Å². The molecule has 4 heteroatoms. The van der Waals surface area contributed by atoms with Gasteiger partial charge in [-0.25, -0.2) is 8.78 Å². The molecule has 0 unspecified atom stereocenters. The van der Waals surface area contributed by atoms with E-state index in [0.29, 0.717) is 12.3 Å². The highest BCUT2D eigenvalue weighted by molar-refractivity contribution is 5.85. The van der Waals surface area contributed by atoms with Crippen LogP contribution in [0, 0.1) is 11.8 Å². The molecular weight excluding hydrogens is 248 g/mol. The second-order valence-corrected chi connectivity index (χ2v) is 3.93. The van der Waals surface area contributed by atoms with Crippen LogP contribution in [0.4, 0.5) is 8.78 Å². The lowest BCUT2D eigenvalue weighted by Gasteiger charge is -2.06. The fourth-order valence-corrected chi connectivity index (χ4v) is 1.70. The maximum absolute atomic E-state index is 12.1. The van der Waals surface area contributed by atoms with E-state index in [1.165, 1.54) is 0 Å². The maximum atomic E-state index is 12.1. The van der Waals surface area contributed by atoms with Crippen LogP contribution >= 0.6 is 0 Å². The Morgan fingerprint density at radius 1 is 1.11 bits per heavy atom. The second-order valence-electron chi connectivity index (χ2n) is 3.93. The van der Waals surface area contributed by atoms with Gasteiger partial charge in [-0.15, -0.1) is 0 Å². The van der Waals surface area contributed by atoms with Crippen molar-refractivity contribution in [3.63, 3.8) is 0 Å². The highest BCUT2D eigenvalue weighted by Crippen LogP contribution is 2.22. The third-order valence-corrected chi connectivity index (χ3v) is 2.52. The first kappa shape index (κ1) is 13.3. The van der Waals surface area contributed by atoms with Gasteiger partial charge in [-0.05, 0) is 35.0 Å². The number of hydrogen-bond donors (Lipinski definition) is 1. The summed E-state index contributed by atoms with van der Waals surface area (Å²) in [6, 6.07) is 10.9. The number of ether oxygens (including phenoxy) is 1. The van der Waals surface area contributed by atoms with Gasteiger partial charge in [-0.1, -0.05) is 24.0 Å². The molecule has 2 aromatic carbocycles. The molecule has 0 spiro atoms. The van der Waals surface area contributed by atoms with E-state index in [4.69, 9.17) is 10.5 Å². The quantitative estimate of drug-likeness (QED) is 0.862. The van der Waals surface area contributed by atoms with Crippen molar-refractivity contribution < 1.29 is 13.5 Å². The minimum Gasteiger partial charge on any atom is -0.488 e. The number of halogens is 2. The van der Waals surface area contributed by atoms with Crippen LogP contribution in [-0.4, -0.2) is 19.6 Å². The molecule has 0 radical (unpaired) electrons. The van der Waals surface area contributed by atoms with E-state index in [1.54, 1.807) is 12.1 Å². The lowest BCUT2D eigenvalue weighted by atomic mass is 10.1. The fourth-order valence-electron chi connectivity index (χ4n) is 1.70. The minimum atomic E-state index is -2.47. The molecule has 0 fully saturated rings. The zero-order valence-electron chi connectivity index (χ0n) is 10.2. The molecular formula is C15H13F2NO. The first-order chi connectivity index (χ1) is 9.19. The molecule has 0 saturated heterocycles. The SMILES string of the molecule is NCC#Cc1ccc2cc(OCC(F)F)ccc2c1. The molecule has 0 aromatic heterocycles. The molecule has 2 N–H and O–H groups in total. The summed E-state index contributed by atoms with van der Waals surface area (Å²) < 4.78 is 29.1. The van der Waals surface area contributed by atoms with Crippen LogP contribution in [0.15, 0.2) is 36.4 Å². The number of hydrogen-bond acceptors (Lipinski definition) is 2. The second kappa shape index (κ2) is 6.17. The van der Waals surface area contributed by atoms with Gasteiger partial charge in [0, 0.05) is 5.56 Å². The number of fused-ring (bicyclic) bond motifs is 1. The molecule has 2 nitrogen and oxygen atoms in total. The van der Waals surface area contributed by atoms with E-state index < -0.39 is 13.0 Å². The van der Waals surface area contributed by atoms with Crippen molar-refractivity contribution in [3.8, 4) is 17.6 Å². The maximum Gasteiger partial charge on any atom is 0.272 e. The predicted octanol–water partition coefficient (Wildman–Crippen LogP) is 2.79. The summed E-state index contributed by atoms with van der Waals surface area (Å²) in [4.78, 5) is 0. The van der Waals surface area contributed by atoms with Crippen LogP contribution in [0.1, 0.15) is 5.56 Å². The van der Waals surface area contributed by atoms with E-state index >= 15 is 0 Å². The molecule has 98 valence electrons. The summed E-state index contributed by atoms with van der Waals surface area (Å²) in [5.74, 6) is 6.17. The van der Waals surface area contributed by atoms with Crippen LogP contribution in [0.25, 0.3) is 10.8 Å². The van der Waals surface area contributed by atoms with E-state index in [1.807, 2.05) is 24.3 Å². The molecule has 0 aliphatic carbocycles. The van der Waals surface area contributed by atoms with Gasteiger partial charge in [-0.2, -0.15) is 0 Å². The molecule has 0 atom stereocenters.